The van der Waals surface area contributed by atoms with Crippen LogP contribution in [-0.4, -0.2) is 41.7 Å². The molecule has 100 valence electrons. The van der Waals surface area contributed by atoms with E-state index in [0.717, 1.165) is 38.2 Å². The largest absolute Gasteiger partial charge is 0.478 e. The zero-order valence-corrected chi connectivity index (χ0v) is 10.8. The van der Waals surface area contributed by atoms with Crippen LogP contribution in [0.2, 0.25) is 0 Å². The van der Waals surface area contributed by atoms with Crippen LogP contribution in [-0.2, 0) is 0 Å². The number of carboxylic acid groups (broad SMARTS) is 1. The predicted molar refractivity (Wildman–Crippen MR) is 75.3 cm³/mol. The summed E-state index contributed by atoms with van der Waals surface area (Å²) >= 11 is 0. The second-order valence-corrected chi connectivity index (χ2v) is 4.78. The van der Waals surface area contributed by atoms with Crippen molar-refractivity contribution in [3.8, 4) is 12.3 Å². The van der Waals surface area contributed by atoms with E-state index in [9.17, 15) is 4.79 Å². The van der Waals surface area contributed by atoms with Crippen molar-refractivity contribution in [1.82, 2.24) is 4.90 Å². The van der Waals surface area contributed by atoms with E-state index in [4.69, 9.17) is 11.5 Å². The molecular formula is C15H18N2O2. The summed E-state index contributed by atoms with van der Waals surface area (Å²) in [7, 11) is 0. The number of carbonyl (C=O) groups is 1. The summed E-state index contributed by atoms with van der Waals surface area (Å²) in [6.07, 6.45) is 7.42. The van der Waals surface area contributed by atoms with Gasteiger partial charge < -0.3 is 10.4 Å². The second-order valence-electron chi connectivity index (χ2n) is 4.78. The average Bonchev–Trinajstić information content (AvgIpc) is 2.42. The fourth-order valence-electron chi connectivity index (χ4n) is 2.31. The number of rotatable bonds is 4. The van der Waals surface area contributed by atoms with Crippen molar-refractivity contribution in [3.63, 3.8) is 0 Å². The van der Waals surface area contributed by atoms with Crippen molar-refractivity contribution in [3.05, 3.63) is 29.8 Å². The number of hydrogen-bond acceptors (Lipinski definition) is 3. The standard InChI is InChI=1S/C15H18N2O2/c1-2-9-17-10-7-14(8-11-17)16-13-5-3-12(4-6-13)15(18)19/h1,3-6,14,16H,7-11H2,(H,18,19). The van der Waals surface area contributed by atoms with Crippen molar-refractivity contribution in [2.75, 3.05) is 25.0 Å². The Kier molecular flexibility index (Phi) is 4.43. The lowest BCUT2D eigenvalue weighted by Crippen LogP contribution is -2.39. The van der Waals surface area contributed by atoms with Gasteiger partial charge in [-0.2, -0.15) is 0 Å². The van der Waals surface area contributed by atoms with Gasteiger partial charge in [0.2, 0.25) is 0 Å². The molecular weight excluding hydrogens is 240 g/mol. The van der Waals surface area contributed by atoms with Gasteiger partial charge in [0.1, 0.15) is 0 Å². The molecule has 0 unspecified atom stereocenters. The Balaban J connectivity index is 1.85. The van der Waals surface area contributed by atoms with Gasteiger partial charge in [-0.3, -0.25) is 4.90 Å². The van der Waals surface area contributed by atoms with Crippen molar-refractivity contribution in [2.24, 2.45) is 0 Å². The first-order valence-electron chi connectivity index (χ1n) is 6.45. The van der Waals surface area contributed by atoms with Gasteiger partial charge in [0.25, 0.3) is 0 Å². The van der Waals surface area contributed by atoms with Gasteiger partial charge in [-0.1, -0.05) is 5.92 Å². The first kappa shape index (κ1) is 13.4. The van der Waals surface area contributed by atoms with E-state index in [1.807, 2.05) is 12.1 Å². The zero-order valence-electron chi connectivity index (χ0n) is 10.8. The zero-order chi connectivity index (χ0) is 13.7. The number of anilines is 1. The van der Waals surface area contributed by atoms with Crippen LogP contribution in [0.4, 0.5) is 5.69 Å². The van der Waals surface area contributed by atoms with Gasteiger partial charge >= 0.3 is 5.97 Å². The number of likely N-dealkylation sites (tertiary alicyclic amines) is 1. The number of nitrogens with one attached hydrogen (secondary N) is 1. The second kappa shape index (κ2) is 6.26. The van der Waals surface area contributed by atoms with Crippen molar-refractivity contribution >= 4 is 11.7 Å². The molecule has 1 aliphatic rings. The van der Waals surface area contributed by atoms with Crippen molar-refractivity contribution < 1.29 is 9.90 Å². The Morgan fingerprint density at radius 1 is 1.37 bits per heavy atom. The summed E-state index contributed by atoms with van der Waals surface area (Å²) in [5.74, 6) is 1.77. The van der Waals surface area contributed by atoms with Crippen LogP contribution >= 0.6 is 0 Å². The number of hydrogen-bond donors (Lipinski definition) is 2. The van der Waals surface area contributed by atoms with Crippen LogP contribution < -0.4 is 5.32 Å². The monoisotopic (exact) mass is 258 g/mol. The van der Waals surface area contributed by atoms with E-state index in [-0.39, 0.29) is 0 Å². The topological polar surface area (TPSA) is 52.6 Å². The molecule has 2 rings (SSSR count). The first-order valence-corrected chi connectivity index (χ1v) is 6.45. The van der Waals surface area contributed by atoms with Crippen LogP contribution in [0.5, 0.6) is 0 Å². The third kappa shape index (κ3) is 3.73. The molecule has 0 saturated carbocycles. The minimum Gasteiger partial charge on any atom is -0.478 e. The molecule has 1 aromatic rings. The molecule has 4 nitrogen and oxygen atoms in total. The lowest BCUT2D eigenvalue weighted by molar-refractivity contribution is 0.0697. The lowest BCUT2D eigenvalue weighted by atomic mass is 10.0. The van der Waals surface area contributed by atoms with Gasteiger partial charge in [0.15, 0.2) is 0 Å². The summed E-state index contributed by atoms with van der Waals surface area (Å²) in [6.45, 7) is 2.74. The fraction of sp³-hybridized carbons (Fsp3) is 0.400. The van der Waals surface area contributed by atoms with E-state index < -0.39 is 5.97 Å². The average molecular weight is 258 g/mol. The maximum Gasteiger partial charge on any atom is 0.335 e. The van der Waals surface area contributed by atoms with Crippen LogP contribution in [0.1, 0.15) is 23.2 Å². The van der Waals surface area contributed by atoms with Gasteiger partial charge in [0.05, 0.1) is 12.1 Å². The van der Waals surface area contributed by atoms with E-state index >= 15 is 0 Å². The van der Waals surface area contributed by atoms with Crippen LogP contribution in [0.3, 0.4) is 0 Å². The number of nitrogens with zero attached hydrogens (tertiary/aromatic N) is 1. The maximum absolute atomic E-state index is 10.8. The highest BCUT2D eigenvalue weighted by molar-refractivity contribution is 5.87. The van der Waals surface area contributed by atoms with Gasteiger partial charge in [-0.15, -0.1) is 6.42 Å². The molecule has 19 heavy (non-hydrogen) atoms. The fourth-order valence-corrected chi connectivity index (χ4v) is 2.31. The van der Waals surface area contributed by atoms with Gasteiger partial charge in [-0.25, -0.2) is 4.79 Å². The highest BCUT2D eigenvalue weighted by Crippen LogP contribution is 2.17. The third-order valence-electron chi connectivity index (χ3n) is 3.41. The van der Waals surface area contributed by atoms with Crippen LogP contribution in [0.25, 0.3) is 0 Å². The highest BCUT2D eigenvalue weighted by atomic mass is 16.4. The molecule has 0 spiro atoms. The van der Waals surface area contributed by atoms with E-state index in [1.54, 1.807) is 12.1 Å². The Morgan fingerprint density at radius 2 is 2.00 bits per heavy atom. The number of benzene rings is 1. The Bertz CT molecular complexity index is 468. The quantitative estimate of drug-likeness (QED) is 0.810. The molecule has 1 saturated heterocycles. The smallest absolute Gasteiger partial charge is 0.335 e. The van der Waals surface area contributed by atoms with E-state index in [1.165, 1.54) is 0 Å². The number of piperidine rings is 1. The Morgan fingerprint density at radius 3 is 2.53 bits per heavy atom. The lowest BCUT2D eigenvalue weighted by Gasteiger charge is -2.31. The van der Waals surface area contributed by atoms with E-state index in [2.05, 4.69) is 16.1 Å². The maximum atomic E-state index is 10.8. The molecule has 1 aromatic carbocycles. The number of terminal acetylenes is 1. The van der Waals surface area contributed by atoms with Gasteiger partial charge in [0, 0.05) is 24.8 Å². The number of aromatic carboxylic acids is 1. The minimum atomic E-state index is -0.894. The molecule has 1 fully saturated rings. The third-order valence-corrected chi connectivity index (χ3v) is 3.41. The SMILES string of the molecule is C#CCN1CCC(Nc2ccc(C(=O)O)cc2)CC1. The molecule has 0 amide bonds. The summed E-state index contributed by atoms with van der Waals surface area (Å²) in [5, 5.41) is 12.3. The molecule has 0 aromatic heterocycles. The summed E-state index contributed by atoms with van der Waals surface area (Å²) in [6, 6.07) is 7.31. The summed E-state index contributed by atoms with van der Waals surface area (Å²) in [5.41, 5.74) is 1.29. The first-order chi connectivity index (χ1) is 9.19. The Labute approximate surface area is 113 Å². The summed E-state index contributed by atoms with van der Waals surface area (Å²) < 4.78 is 0. The van der Waals surface area contributed by atoms with Crippen LogP contribution in [0, 0.1) is 12.3 Å². The molecule has 0 aliphatic carbocycles. The Hall–Kier alpha value is -1.99. The predicted octanol–water partition coefficient (Wildman–Crippen LogP) is 1.89. The molecule has 0 atom stereocenters. The minimum absolute atomic E-state index is 0.314. The summed E-state index contributed by atoms with van der Waals surface area (Å²) in [4.78, 5) is 13.0. The molecule has 0 radical (unpaired) electrons. The molecule has 1 aliphatic heterocycles. The van der Waals surface area contributed by atoms with E-state index in [0.29, 0.717) is 11.6 Å². The normalized spacial score (nSPS) is 16.8. The molecule has 4 heteroatoms. The molecule has 0 bridgehead atoms. The van der Waals surface area contributed by atoms with Crippen LogP contribution in [0.15, 0.2) is 24.3 Å². The van der Waals surface area contributed by atoms with Crippen molar-refractivity contribution in [1.29, 1.82) is 0 Å². The molecule has 2 N–H and O–H groups in total. The van der Waals surface area contributed by atoms with Crippen molar-refractivity contribution in [2.45, 2.75) is 18.9 Å². The highest BCUT2D eigenvalue weighted by Gasteiger charge is 2.18. The number of carboxylic acids is 1. The molecule has 1 heterocycles. The van der Waals surface area contributed by atoms with Gasteiger partial charge in [-0.05, 0) is 37.1 Å².